The van der Waals surface area contributed by atoms with Crippen LogP contribution in [0.1, 0.15) is 6.42 Å². The maximum atomic E-state index is 12.9. The molecule has 0 saturated heterocycles. The molecule has 1 unspecified atom stereocenters. The van der Waals surface area contributed by atoms with Gasteiger partial charge in [0.25, 0.3) is 0 Å². The molecule has 0 heterocycles. The minimum absolute atomic E-state index is 0.150. The molecule has 0 saturated carbocycles. The number of halogens is 2. The van der Waals surface area contributed by atoms with Gasteiger partial charge in [-0.2, -0.15) is 0 Å². The van der Waals surface area contributed by atoms with Gasteiger partial charge in [0.05, 0.1) is 0 Å². The average Bonchev–Trinajstić information content (AvgIpc) is 2.26. The predicted molar refractivity (Wildman–Crippen MR) is 61.6 cm³/mol. The Balaban J connectivity index is 2.66. The van der Waals surface area contributed by atoms with E-state index in [4.69, 9.17) is 10.2 Å². The van der Waals surface area contributed by atoms with Gasteiger partial charge in [-0.1, -0.05) is 0 Å². The number of carbonyl (C=O) groups excluding carboxylic acids is 1. The van der Waals surface area contributed by atoms with Crippen LogP contribution in [0.15, 0.2) is 18.2 Å². The van der Waals surface area contributed by atoms with Gasteiger partial charge in [-0.15, -0.1) is 0 Å². The minimum Gasteiger partial charge on any atom is -0.480 e. The molecule has 0 aliphatic carbocycles. The van der Waals surface area contributed by atoms with Crippen LogP contribution < -0.4 is 10.6 Å². The Hall–Kier alpha value is -2.22. The minimum atomic E-state index is -1.32. The molecule has 1 rings (SSSR count). The van der Waals surface area contributed by atoms with Gasteiger partial charge in [-0.05, 0) is 12.1 Å². The smallest absolute Gasteiger partial charge is 0.326 e. The lowest BCUT2D eigenvalue weighted by Gasteiger charge is -2.14. The first-order chi connectivity index (χ1) is 8.92. The van der Waals surface area contributed by atoms with Gasteiger partial charge in [0, 0.05) is 24.8 Å². The lowest BCUT2D eigenvalue weighted by atomic mass is 10.2. The summed E-state index contributed by atoms with van der Waals surface area (Å²) in [7, 11) is 0. The van der Waals surface area contributed by atoms with Gasteiger partial charge >= 0.3 is 12.0 Å². The number of aliphatic hydroxyl groups is 1. The molecule has 0 aliphatic heterocycles. The Morgan fingerprint density at radius 3 is 2.26 bits per heavy atom. The molecule has 1 aromatic carbocycles. The Bertz CT molecular complexity index is 462. The fourth-order valence-corrected chi connectivity index (χ4v) is 1.34. The fraction of sp³-hybridized carbons (Fsp3) is 0.273. The topological polar surface area (TPSA) is 98.7 Å². The van der Waals surface area contributed by atoms with Gasteiger partial charge in [-0.25, -0.2) is 18.4 Å². The van der Waals surface area contributed by atoms with Crippen LogP contribution in [0.3, 0.4) is 0 Å². The first kappa shape index (κ1) is 14.8. The summed E-state index contributed by atoms with van der Waals surface area (Å²) in [6.07, 6.45) is -0.180. The van der Waals surface area contributed by atoms with Crippen molar-refractivity contribution in [3.63, 3.8) is 0 Å². The van der Waals surface area contributed by atoms with Crippen molar-refractivity contribution in [1.29, 1.82) is 0 Å². The number of hydrogen-bond donors (Lipinski definition) is 4. The zero-order valence-electron chi connectivity index (χ0n) is 9.69. The molecule has 1 aromatic rings. The van der Waals surface area contributed by atoms with E-state index in [2.05, 4.69) is 10.6 Å². The van der Waals surface area contributed by atoms with Gasteiger partial charge in [0.1, 0.15) is 17.7 Å². The van der Waals surface area contributed by atoms with Crippen molar-refractivity contribution in [1.82, 2.24) is 5.32 Å². The Kier molecular flexibility index (Phi) is 5.19. The number of aliphatic carboxylic acids is 1. The number of carboxylic acids is 1. The van der Waals surface area contributed by atoms with E-state index in [0.29, 0.717) is 6.07 Å². The summed E-state index contributed by atoms with van der Waals surface area (Å²) in [6.45, 7) is -0.425. The molecule has 0 aliphatic rings. The van der Waals surface area contributed by atoms with E-state index in [1.165, 1.54) is 0 Å². The number of urea groups is 1. The molecule has 0 bridgehead atoms. The number of rotatable bonds is 5. The van der Waals surface area contributed by atoms with Crippen molar-refractivity contribution in [2.75, 3.05) is 11.9 Å². The third kappa shape index (κ3) is 4.88. The van der Waals surface area contributed by atoms with Crippen molar-refractivity contribution in [2.45, 2.75) is 12.5 Å². The van der Waals surface area contributed by atoms with Gasteiger partial charge in [0.15, 0.2) is 0 Å². The van der Waals surface area contributed by atoms with Crippen molar-refractivity contribution in [2.24, 2.45) is 0 Å². The molecule has 1 atom stereocenters. The van der Waals surface area contributed by atoms with Crippen molar-refractivity contribution in [3.8, 4) is 0 Å². The first-order valence-corrected chi connectivity index (χ1v) is 5.29. The van der Waals surface area contributed by atoms with Crippen LogP contribution in [0.4, 0.5) is 19.3 Å². The largest absolute Gasteiger partial charge is 0.480 e. The number of anilines is 1. The second kappa shape index (κ2) is 6.64. The fourth-order valence-electron chi connectivity index (χ4n) is 1.34. The molecule has 0 aromatic heterocycles. The third-order valence-electron chi connectivity index (χ3n) is 2.14. The summed E-state index contributed by atoms with van der Waals surface area (Å²) in [5, 5.41) is 21.5. The van der Waals surface area contributed by atoms with E-state index in [0.717, 1.165) is 12.1 Å². The van der Waals surface area contributed by atoms with Crippen LogP contribution in [-0.4, -0.2) is 34.9 Å². The molecule has 2 amide bonds. The predicted octanol–water partition coefficient (Wildman–Crippen LogP) is 0.922. The molecule has 4 N–H and O–H groups in total. The highest BCUT2D eigenvalue weighted by molar-refractivity contribution is 5.92. The second-order valence-corrected chi connectivity index (χ2v) is 3.66. The van der Waals surface area contributed by atoms with Crippen molar-refractivity contribution >= 4 is 17.7 Å². The van der Waals surface area contributed by atoms with Gasteiger partial charge < -0.3 is 20.8 Å². The van der Waals surface area contributed by atoms with Crippen LogP contribution in [0.25, 0.3) is 0 Å². The number of aliphatic hydroxyl groups excluding tert-OH is 1. The average molecular weight is 274 g/mol. The van der Waals surface area contributed by atoms with E-state index in [9.17, 15) is 18.4 Å². The molecule has 0 fully saturated rings. The third-order valence-corrected chi connectivity index (χ3v) is 2.14. The van der Waals surface area contributed by atoms with E-state index < -0.39 is 36.3 Å². The van der Waals surface area contributed by atoms with Crippen LogP contribution in [0.2, 0.25) is 0 Å². The first-order valence-electron chi connectivity index (χ1n) is 5.29. The van der Waals surface area contributed by atoms with Crippen LogP contribution in [-0.2, 0) is 4.79 Å². The van der Waals surface area contributed by atoms with E-state index in [-0.39, 0.29) is 12.1 Å². The Labute approximate surface area is 107 Å². The molecular weight excluding hydrogens is 262 g/mol. The zero-order chi connectivity index (χ0) is 14.4. The highest BCUT2D eigenvalue weighted by Gasteiger charge is 2.19. The molecule has 104 valence electrons. The standard InChI is InChI=1S/C11H12F2N2O4/c12-6-3-7(13)5-8(4-6)14-11(19)15-9(1-2-16)10(17)18/h3-5,9,16H,1-2H2,(H,17,18)(H2,14,15,19). The van der Waals surface area contributed by atoms with Crippen LogP contribution in [0, 0.1) is 11.6 Å². The molecular formula is C11H12F2N2O4. The quantitative estimate of drug-likeness (QED) is 0.641. The van der Waals surface area contributed by atoms with Crippen molar-refractivity contribution in [3.05, 3.63) is 29.8 Å². The molecule has 6 nitrogen and oxygen atoms in total. The number of benzene rings is 1. The number of hydrogen-bond acceptors (Lipinski definition) is 3. The summed E-state index contributed by atoms with van der Waals surface area (Å²) in [4.78, 5) is 22.1. The zero-order valence-corrected chi connectivity index (χ0v) is 9.69. The van der Waals surface area contributed by atoms with E-state index >= 15 is 0 Å². The number of carbonyl (C=O) groups is 2. The van der Waals surface area contributed by atoms with E-state index in [1.807, 2.05) is 0 Å². The summed E-state index contributed by atoms with van der Waals surface area (Å²) in [5.41, 5.74) is -0.150. The SMILES string of the molecule is O=C(Nc1cc(F)cc(F)c1)NC(CCO)C(=O)O. The highest BCUT2D eigenvalue weighted by atomic mass is 19.1. The Morgan fingerprint density at radius 2 is 1.79 bits per heavy atom. The maximum Gasteiger partial charge on any atom is 0.326 e. The number of carboxylic acid groups (broad SMARTS) is 1. The summed E-state index contributed by atoms with van der Waals surface area (Å²) < 4.78 is 25.7. The second-order valence-electron chi connectivity index (χ2n) is 3.66. The van der Waals surface area contributed by atoms with Gasteiger partial charge in [-0.3, -0.25) is 0 Å². The number of amides is 2. The summed E-state index contributed by atoms with van der Waals surface area (Å²) in [6, 6.07) is 0.165. The summed E-state index contributed by atoms with van der Waals surface area (Å²) in [5.74, 6) is -3.07. The normalized spacial score (nSPS) is 11.7. The Morgan fingerprint density at radius 1 is 1.21 bits per heavy atom. The molecule has 0 spiro atoms. The lowest BCUT2D eigenvalue weighted by molar-refractivity contribution is -0.139. The highest BCUT2D eigenvalue weighted by Crippen LogP contribution is 2.12. The molecule has 8 heteroatoms. The molecule has 0 radical (unpaired) electrons. The maximum absolute atomic E-state index is 12.9. The van der Waals surface area contributed by atoms with Crippen LogP contribution in [0.5, 0.6) is 0 Å². The summed E-state index contributed by atoms with van der Waals surface area (Å²) >= 11 is 0. The number of nitrogens with one attached hydrogen (secondary N) is 2. The van der Waals surface area contributed by atoms with Crippen molar-refractivity contribution < 1.29 is 28.6 Å². The van der Waals surface area contributed by atoms with E-state index in [1.54, 1.807) is 0 Å². The monoisotopic (exact) mass is 274 g/mol. The molecule has 19 heavy (non-hydrogen) atoms. The van der Waals surface area contributed by atoms with Gasteiger partial charge in [0.2, 0.25) is 0 Å². The lowest BCUT2D eigenvalue weighted by Crippen LogP contribution is -2.43. The van der Waals surface area contributed by atoms with Crippen LogP contribution >= 0.6 is 0 Å².